The molecule has 1 rings (SSSR count). The van der Waals surface area contributed by atoms with Crippen molar-refractivity contribution in [1.82, 2.24) is 9.80 Å². The fraction of sp³-hybridized carbons (Fsp3) is 0.933. The first-order valence-corrected chi connectivity index (χ1v) is 7.76. The third kappa shape index (κ3) is 5.04. The monoisotopic (exact) mass is 285 g/mol. The topological polar surface area (TPSA) is 58.8 Å². The Kier molecular flexibility index (Phi) is 7.48. The van der Waals surface area contributed by atoms with Crippen LogP contribution in [0.5, 0.6) is 0 Å². The van der Waals surface area contributed by atoms with Gasteiger partial charge in [0.15, 0.2) is 0 Å². The summed E-state index contributed by atoms with van der Waals surface area (Å²) in [6, 6.07) is 0.0760. The zero-order chi connectivity index (χ0) is 15.1. The van der Waals surface area contributed by atoms with Crippen LogP contribution in [0.15, 0.2) is 0 Å². The smallest absolute Gasteiger partial charge is 0.239 e. The molecule has 1 aliphatic rings. The van der Waals surface area contributed by atoms with Gasteiger partial charge in [-0.25, -0.2) is 0 Å². The maximum absolute atomic E-state index is 12.4. The largest absolute Gasteiger partial charge is 0.383 e. The molecule has 0 aliphatic carbocycles. The maximum atomic E-state index is 12.4. The number of hydrogen-bond acceptors (Lipinski definition) is 4. The second-order valence-electron chi connectivity index (χ2n) is 6.11. The van der Waals surface area contributed by atoms with Gasteiger partial charge in [-0.1, -0.05) is 20.8 Å². The quantitative estimate of drug-likeness (QED) is 0.756. The molecule has 118 valence electrons. The molecule has 0 saturated carbocycles. The Bertz CT molecular complexity index is 297. The van der Waals surface area contributed by atoms with E-state index in [1.54, 1.807) is 7.11 Å². The third-order valence-electron chi connectivity index (χ3n) is 4.01. The standard InChI is InChI=1S/C15H31N3O2/c1-5-13-11-18(7-6-17(13)8-9-20-4)15(19)14(16)10-12(2)3/h12-14H,5-11,16H2,1-4H3/t13?,14-/m0/s1. The lowest BCUT2D eigenvalue weighted by Gasteiger charge is -2.42. The van der Waals surface area contributed by atoms with Gasteiger partial charge in [0.05, 0.1) is 12.6 Å². The van der Waals surface area contributed by atoms with Crippen LogP contribution in [0.1, 0.15) is 33.6 Å². The molecule has 1 aliphatic heterocycles. The number of carbonyl (C=O) groups excluding carboxylic acids is 1. The van der Waals surface area contributed by atoms with Crippen LogP contribution < -0.4 is 5.73 Å². The second kappa shape index (κ2) is 8.60. The van der Waals surface area contributed by atoms with Crippen molar-refractivity contribution in [2.24, 2.45) is 11.7 Å². The van der Waals surface area contributed by atoms with E-state index in [1.165, 1.54) is 0 Å². The minimum atomic E-state index is -0.349. The molecule has 0 radical (unpaired) electrons. The number of ether oxygens (including phenoxy) is 1. The molecule has 5 heteroatoms. The zero-order valence-corrected chi connectivity index (χ0v) is 13.5. The Morgan fingerprint density at radius 1 is 1.40 bits per heavy atom. The predicted molar refractivity (Wildman–Crippen MR) is 81.5 cm³/mol. The Morgan fingerprint density at radius 3 is 2.65 bits per heavy atom. The molecule has 1 amide bonds. The van der Waals surface area contributed by atoms with Gasteiger partial charge in [0.1, 0.15) is 0 Å². The lowest BCUT2D eigenvalue weighted by atomic mass is 10.0. The molecule has 5 nitrogen and oxygen atoms in total. The van der Waals surface area contributed by atoms with Gasteiger partial charge in [-0.3, -0.25) is 9.69 Å². The summed E-state index contributed by atoms with van der Waals surface area (Å²) < 4.78 is 5.15. The van der Waals surface area contributed by atoms with Gasteiger partial charge < -0.3 is 15.4 Å². The fourth-order valence-corrected chi connectivity index (χ4v) is 2.83. The average Bonchev–Trinajstić information content (AvgIpc) is 2.43. The van der Waals surface area contributed by atoms with E-state index >= 15 is 0 Å². The first-order valence-electron chi connectivity index (χ1n) is 7.76. The van der Waals surface area contributed by atoms with Crippen LogP contribution in [-0.2, 0) is 9.53 Å². The lowest BCUT2D eigenvalue weighted by molar-refractivity contribution is -0.136. The predicted octanol–water partition coefficient (Wildman–Crippen LogP) is 0.929. The van der Waals surface area contributed by atoms with E-state index in [4.69, 9.17) is 10.5 Å². The van der Waals surface area contributed by atoms with E-state index in [1.807, 2.05) is 4.90 Å². The van der Waals surface area contributed by atoms with Gasteiger partial charge in [0.25, 0.3) is 0 Å². The van der Waals surface area contributed by atoms with Crippen LogP contribution in [-0.4, -0.2) is 67.7 Å². The Morgan fingerprint density at radius 2 is 2.10 bits per heavy atom. The van der Waals surface area contributed by atoms with Crippen molar-refractivity contribution in [2.45, 2.75) is 45.7 Å². The Labute approximate surface area is 123 Å². The second-order valence-corrected chi connectivity index (χ2v) is 6.11. The van der Waals surface area contributed by atoms with Crippen LogP contribution in [0.25, 0.3) is 0 Å². The first kappa shape index (κ1) is 17.4. The molecule has 0 bridgehead atoms. The lowest BCUT2D eigenvalue weighted by Crippen LogP contribution is -2.58. The van der Waals surface area contributed by atoms with Gasteiger partial charge in [-0.05, 0) is 18.8 Å². The molecule has 20 heavy (non-hydrogen) atoms. The highest BCUT2D eigenvalue weighted by molar-refractivity contribution is 5.81. The summed E-state index contributed by atoms with van der Waals surface area (Å²) in [6.45, 7) is 10.6. The van der Waals surface area contributed by atoms with Gasteiger partial charge in [0.2, 0.25) is 5.91 Å². The third-order valence-corrected chi connectivity index (χ3v) is 4.01. The zero-order valence-electron chi connectivity index (χ0n) is 13.5. The van der Waals surface area contributed by atoms with Crippen molar-refractivity contribution in [1.29, 1.82) is 0 Å². The van der Waals surface area contributed by atoms with Crippen molar-refractivity contribution in [3.63, 3.8) is 0 Å². The molecule has 1 heterocycles. The number of hydrogen-bond donors (Lipinski definition) is 1. The summed E-state index contributed by atoms with van der Waals surface area (Å²) in [4.78, 5) is 16.7. The average molecular weight is 285 g/mol. The molecular weight excluding hydrogens is 254 g/mol. The summed E-state index contributed by atoms with van der Waals surface area (Å²) in [5.41, 5.74) is 6.03. The molecule has 0 aromatic carbocycles. The Hall–Kier alpha value is -0.650. The number of amides is 1. The molecule has 0 aromatic rings. The van der Waals surface area contributed by atoms with E-state index in [9.17, 15) is 4.79 Å². The molecule has 1 unspecified atom stereocenters. The van der Waals surface area contributed by atoms with Crippen molar-refractivity contribution in [2.75, 3.05) is 39.9 Å². The highest BCUT2D eigenvalue weighted by Crippen LogP contribution is 2.15. The van der Waals surface area contributed by atoms with Gasteiger partial charge in [-0.15, -0.1) is 0 Å². The van der Waals surface area contributed by atoms with Crippen molar-refractivity contribution in [3.8, 4) is 0 Å². The highest BCUT2D eigenvalue weighted by atomic mass is 16.5. The molecular formula is C15H31N3O2. The minimum Gasteiger partial charge on any atom is -0.383 e. The van der Waals surface area contributed by atoms with Crippen LogP contribution in [0.4, 0.5) is 0 Å². The summed E-state index contributed by atoms with van der Waals surface area (Å²) >= 11 is 0. The van der Waals surface area contributed by atoms with Crippen molar-refractivity contribution in [3.05, 3.63) is 0 Å². The Balaban J connectivity index is 2.52. The number of nitrogens with two attached hydrogens (primary N) is 1. The minimum absolute atomic E-state index is 0.114. The molecule has 1 fully saturated rings. The maximum Gasteiger partial charge on any atom is 0.239 e. The highest BCUT2D eigenvalue weighted by Gasteiger charge is 2.30. The number of nitrogens with zero attached hydrogens (tertiary/aromatic N) is 2. The van der Waals surface area contributed by atoms with E-state index in [0.717, 1.165) is 45.6 Å². The van der Waals surface area contributed by atoms with Crippen molar-refractivity contribution < 1.29 is 9.53 Å². The van der Waals surface area contributed by atoms with E-state index in [2.05, 4.69) is 25.7 Å². The van der Waals surface area contributed by atoms with E-state index in [0.29, 0.717) is 12.0 Å². The van der Waals surface area contributed by atoms with Gasteiger partial charge in [0, 0.05) is 39.3 Å². The number of rotatable bonds is 7. The number of methoxy groups -OCH3 is 1. The summed E-state index contributed by atoms with van der Waals surface area (Å²) in [5, 5.41) is 0. The van der Waals surface area contributed by atoms with Gasteiger partial charge >= 0.3 is 0 Å². The first-order chi connectivity index (χ1) is 9.49. The van der Waals surface area contributed by atoms with Crippen molar-refractivity contribution >= 4 is 5.91 Å². The SMILES string of the molecule is CCC1CN(C(=O)[C@@H](N)CC(C)C)CCN1CCOC. The molecule has 0 spiro atoms. The van der Waals surface area contributed by atoms with Crippen LogP contribution in [0.3, 0.4) is 0 Å². The number of piperazine rings is 1. The molecule has 0 aromatic heterocycles. The van der Waals surface area contributed by atoms with E-state index < -0.39 is 0 Å². The molecule has 2 atom stereocenters. The van der Waals surface area contributed by atoms with E-state index in [-0.39, 0.29) is 11.9 Å². The van der Waals surface area contributed by atoms with Crippen LogP contribution in [0.2, 0.25) is 0 Å². The summed E-state index contributed by atoms with van der Waals surface area (Å²) in [6.07, 6.45) is 1.81. The molecule has 2 N–H and O–H groups in total. The normalized spacial score (nSPS) is 22.3. The van der Waals surface area contributed by atoms with Crippen LogP contribution in [0, 0.1) is 5.92 Å². The number of carbonyl (C=O) groups is 1. The summed E-state index contributed by atoms with van der Waals surface area (Å²) in [7, 11) is 1.73. The molecule has 1 saturated heterocycles. The summed E-state index contributed by atoms with van der Waals surface area (Å²) in [5.74, 6) is 0.572. The fourth-order valence-electron chi connectivity index (χ4n) is 2.83. The van der Waals surface area contributed by atoms with Gasteiger partial charge in [-0.2, -0.15) is 0 Å². The van der Waals surface area contributed by atoms with Crippen LogP contribution >= 0.6 is 0 Å².